The Morgan fingerprint density at radius 1 is 1.20 bits per heavy atom. The Hall–Kier alpha value is -4.55. The van der Waals surface area contributed by atoms with Crippen molar-refractivity contribution >= 4 is 21.6 Å². The topological polar surface area (TPSA) is 151 Å². The van der Waals surface area contributed by atoms with Crippen molar-refractivity contribution in [2.45, 2.75) is 62.2 Å². The highest BCUT2D eigenvalue weighted by Gasteiger charge is 2.52. The zero-order valence-electron chi connectivity index (χ0n) is 23.5. The van der Waals surface area contributed by atoms with Gasteiger partial charge in [0.05, 0.1) is 24.6 Å². The van der Waals surface area contributed by atoms with Crippen LogP contribution in [0.5, 0.6) is 5.88 Å². The number of ether oxygens (including phenoxy) is 1. The first-order chi connectivity index (χ1) is 20.7. The quantitative estimate of drug-likeness (QED) is 0.329. The van der Waals surface area contributed by atoms with Gasteiger partial charge < -0.3 is 9.84 Å². The molecule has 11 nitrogen and oxygen atoms in total. The van der Waals surface area contributed by atoms with Crippen LogP contribution in [-0.4, -0.2) is 55.5 Å². The summed E-state index contributed by atoms with van der Waals surface area (Å²) < 4.78 is 76.2. The molecule has 1 aliphatic carbocycles. The number of aromatic nitrogens is 4. The van der Waals surface area contributed by atoms with E-state index >= 15 is 0 Å². The first-order valence-electron chi connectivity index (χ1n) is 13.5. The zero-order chi connectivity index (χ0) is 31.6. The van der Waals surface area contributed by atoms with E-state index in [0.717, 1.165) is 10.6 Å². The van der Waals surface area contributed by atoms with Gasteiger partial charge >= 0.3 is 12.1 Å². The Morgan fingerprint density at radius 2 is 1.95 bits per heavy atom. The molecule has 1 N–H and O–H groups in total. The Kier molecular flexibility index (Phi) is 6.89. The van der Waals surface area contributed by atoms with Crippen molar-refractivity contribution in [1.82, 2.24) is 23.9 Å². The lowest BCUT2D eigenvalue weighted by Crippen LogP contribution is -2.38. The number of aryl methyl sites for hydroxylation is 2. The molecule has 0 bridgehead atoms. The summed E-state index contributed by atoms with van der Waals surface area (Å²) in [6, 6.07) is 9.60. The predicted octanol–water partition coefficient (Wildman–Crippen LogP) is 4.35. The van der Waals surface area contributed by atoms with E-state index in [9.17, 15) is 36.8 Å². The predicted molar refractivity (Wildman–Crippen MR) is 147 cm³/mol. The van der Waals surface area contributed by atoms with Gasteiger partial charge in [0.25, 0.3) is 0 Å². The minimum Gasteiger partial charge on any atom is -0.481 e. The Balaban J connectivity index is 1.43. The van der Waals surface area contributed by atoms with Crippen LogP contribution in [0.1, 0.15) is 64.4 Å². The third-order valence-corrected chi connectivity index (χ3v) is 9.82. The van der Waals surface area contributed by atoms with E-state index < -0.39 is 45.9 Å². The fourth-order valence-electron chi connectivity index (χ4n) is 5.62. The average Bonchev–Trinajstić information content (AvgIpc) is 3.57. The summed E-state index contributed by atoms with van der Waals surface area (Å²) in [4.78, 5) is 16.1. The number of hydrogen-bond donors (Lipinski definition) is 1. The third-order valence-electron chi connectivity index (χ3n) is 8.03. The van der Waals surface area contributed by atoms with Crippen molar-refractivity contribution in [2.24, 2.45) is 0 Å². The SMILES string of the molecule is Cc1cnc2c(c1)S(=O)(=O)N(Cc1cc([C@H](CC(=O)O)c3ccn4c(C(F)(F)F)nnc4c3C)ccc1C#N)CC1(CC1)O2. The highest BCUT2D eigenvalue weighted by molar-refractivity contribution is 7.89. The van der Waals surface area contributed by atoms with Crippen LogP contribution in [0.4, 0.5) is 13.2 Å². The summed E-state index contributed by atoms with van der Waals surface area (Å²) in [6.07, 6.45) is -1.25. The normalized spacial score (nSPS) is 17.8. The van der Waals surface area contributed by atoms with E-state index in [4.69, 9.17) is 4.74 Å². The van der Waals surface area contributed by atoms with Crippen molar-refractivity contribution in [3.63, 3.8) is 0 Å². The Morgan fingerprint density at radius 3 is 2.61 bits per heavy atom. The second kappa shape index (κ2) is 10.3. The number of benzene rings is 1. The highest BCUT2D eigenvalue weighted by atomic mass is 32.2. The van der Waals surface area contributed by atoms with Gasteiger partial charge in [-0.25, -0.2) is 13.4 Å². The molecule has 1 saturated carbocycles. The molecule has 4 heterocycles. The number of hydrogen-bond acceptors (Lipinski definition) is 8. The lowest BCUT2D eigenvalue weighted by Gasteiger charge is -2.24. The second-order valence-corrected chi connectivity index (χ2v) is 13.1. The number of fused-ring (bicyclic) bond motifs is 2. The molecule has 6 rings (SSSR count). The fraction of sp³-hybridized carbons (Fsp3) is 0.345. The molecule has 2 aliphatic rings. The van der Waals surface area contributed by atoms with Crippen LogP contribution in [0.3, 0.4) is 0 Å². The summed E-state index contributed by atoms with van der Waals surface area (Å²) in [7, 11) is -4.11. The van der Waals surface area contributed by atoms with Gasteiger partial charge in [0.2, 0.25) is 21.7 Å². The molecule has 15 heteroatoms. The van der Waals surface area contributed by atoms with Gasteiger partial charge in [-0.05, 0) is 72.7 Å². The molecule has 1 fully saturated rings. The number of alkyl halides is 3. The van der Waals surface area contributed by atoms with Crippen LogP contribution in [0.15, 0.2) is 47.6 Å². The molecular formula is C29H25F3N6O5S. The van der Waals surface area contributed by atoms with Crippen molar-refractivity contribution < 1.29 is 36.2 Å². The first-order valence-corrected chi connectivity index (χ1v) is 15.0. The number of nitrogens with zero attached hydrogens (tertiary/aromatic N) is 6. The lowest BCUT2D eigenvalue weighted by atomic mass is 9.85. The molecule has 4 aromatic rings. The largest absolute Gasteiger partial charge is 0.481 e. The maximum absolute atomic E-state index is 13.9. The van der Waals surface area contributed by atoms with Crippen LogP contribution in [0, 0.1) is 25.2 Å². The summed E-state index contributed by atoms with van der Waals surface area (Å²) >= 11 is 0. The lowest BCUT2D eigenvalue weighted by molar-refractivity contribution is -0.145. The molecule has 228 valence electrons. The molecule has 3 aromatic heterocycles. The van der Waals surface area contributed by atoms with Gasteiger partial charge in [-0.1, -0.05) is 12.1 Å². The number of aliphatic carboxylic acids is 1. The summed E-state index contributed by atoms with van der Waals surface area (Å²) in [5.41, 5.74) is 1.48. The summed E-state index contributed by atoms with van der Waals surface area (Å²) in [6.45, 7) is 3.08. The third kappa shape index (κ3) is 5.13. The minimum absolute atomic E-state index is 0.0272. The number of carbonyl (C=O) groups is 1. The van der Waals surface area contributed by atoms with E-state index in [1.807, 2.05) is 0 Å². The fourth-order valence-corrected chi connectivity index (χ4v) is 7.27. The van der Waals surface area contributed by atoms with Gasteiger partial charge in [-0.2, -0.15) is 22.7 Å². The molecule has 44 heavy (non-hydrogen) atoms. The first kappa shape index (κ1) is 29.5. The maximum atomic E-state index is 13.9. The van der Waals surface area contributed by atoms with Crippen LogP contribution < -0.4 is 4.74 Å². The molecular weight excluding hydrogens is 601 g/mol. The van der Waals surface area contributed by atoms with Gasteiger partial charge in [0.15, 0.2) is 5.65 Å². The van der Waals surface area contributed by atoms with Crippen LogP contribution in [0.2, 0.25) is 0 Å². The van der Waals surface area contributed by atoms with Crippen LogP contribution >= 0.6 is 0 Å². The molecule has 1 aliphatic heterocycles. The molecule has 0 amide bonds. The van der Waals surface area contributed by atoms with E-state index in [1.165, 1.54) is 35.6 Å². The minimum atomic E-state index is -4.75. The Labute approximate surface area is 249 Å². The number of halogens is 3. The molecule has 0 saturated heterocycles. The smallest absolute Gasteiger partial charge is 0.452 e. The number of sulfonamides is 1. The maximum Gasteiger partial charge on any atom is 0.452 e. The number of carboxylic acid groups (broad SMARTS) is 1. The molecule has 0 radical (unpaired) electrons. The molecule has 1 atom stereocenters. The van der Waals surface area contributed by atoms with Gasteiger partial charge in [0, 0.05) is 24.9 Å². The summed E-state index contributed by atoms with van der Waals surface area (Å²) in [5.74, 6) is -3.21. The average molecular weight is 627 g/mol. The van der Waals surface area contributed by atoms with Crippen molar-refractivity contribution in [3.8, 4) is 11.9 Å². The number of rotatable bonds is 6. The van der Waals surface area contributed by atoms with Gasteiger partial charge in [0.1, 0.15) is 10.5 Å². The van der Waals surface area contributed by atoms with Gasteiger partial charge in [-0.3, -0.25) is 9.20 Å². The van der Waals surface area contributed by atoms with Crippen LogP contribution in [-0.2, 0) is 27.5 Å². The second-order valence-electron chi connectivity index (χ2n) is 11.2. The van der Waals surface area contributed by atoms with Crippen molar-refractivity contribution in [1.29, 1.82) is 5.26 Å². The van der Waals surface area contributed by atoms with Crippen molar-refractivity contribution in [3.05, 3.63) is 81.9 Å². The molecule has 1 spiro atoms. The number of carboxylic acids is 1. The summed E-state index contributed by atoms with van der Waals surface area (Å²) in [5, 5.41) is 26.7. The van der Waals surface area contributed by atoms with E-state index in [1.54, 1.807) is 19.1 Å². The number of pyridine rings is 2. The molecule has 1 aromatic carbocycles. The van der Waals surface area contributed by atoms with Gasteiger partial charge in [-0.15, -0.1) is 10.2 Å². The standard InChI is InChI=1S/C29H25F3N6O5S/c1-16-9-23-26(34-13-16)43-28(6-7-28)15-37(44(23,41)42)14-20-10-18(3-4-19(20)12-33)22(11-24(39)40)21-5-8-38-25(17(21)2)35-36-27(38)29(30,31)32/h3-5,8-10,13,22H,6-7,11,14-15H2,1-2H3,(H,39,40)/t22-/m0/s1. The van der Waals surface area contributed by atoms with E-state index in [-0.39, 0.29) is 35.1 Å². The Bertz CT molecular complexity index is 1980. The van der Waals surface area contributed by atoms with Crippen LogP contribution in [0.25, 0.3) is 5.65 Å². The van der Waals surface area contributed by atoms with Crippen molar-refractivity contribution in [2.75, 3.05) is 6.54 Å². The highest BCUT2D eigenvalue weighted by Crippen LogP contribution is 2.46. The van der Waals surface area contributed by atoms with E-state index in [0.29, 0.717) is 40.7 Å². The zero-order valence-corrected chi connectivity index (χ0v) is 24.3. The monoisotopic (exact) mass is 626 g/mol. The van der Waals surface area contributed by atoms with E-state index in [2.05, 4.69) is 21.3 Å². The number of nitriles is 1. The molecule has 0 unspecified atom stereocenters.